The fourth-order valence-electron chi connectivity index (χ4n) is 8.52. The van der Waals surface area contributed by atoms with Crippen LogP contribution in [0.5, 0.6) is 0 Å². The minimum absolute atomic E-state index is 0.0427. The molecule has 4 nitrogen and oxygen atoms in total. The predicted molar refractivity (Wildman–Crippen MR) is 126 cm³/mol. The van der Waals surface area contributed by atoms with Crippen molar-refractivity contribution in [2.45, 2.75) is 84.5 Å². The van der Waals surface area contributed by atoms with Gasteiger partial charge in [-0.05, 0) is 114 Å². The van der Waals surface area contributed by atoms with Crippen LogP contribution >= 0.6 is 0 Å². The topological polar surface area (TPSA) is 24.9 Å². The molecular formula is C27H46N2O2. The van der Waals surface area contributed by atoms with Gasteiger partial charge in [-0.2, -0.15) is 0 Å². The molecule has 6 atom stereocenters. The molecule has 0 bridgehead atoms. The zero-order chi connectivity index (χ0) is 21.9. The summed E-state index contributed by atoms with van der Waals surface area (Å²) in [5, 5.41) is 0. The van der Waals surface area contributed by atoms with Gasteiger partial charge >= 0.3 is 0 Å². The molecule has 5 rings (SSSR count). The second-order valence-electron chi connectivity index (χ2n) is 12.5. The van der Waals surface area contributed by atoms with E-state index in [-0.39, 0.29) is 11.7 Å². The van der Waals surface area contributed by atoms with E-state index in [2.05, 4.69) is 44.2 Å². The van der Waals surface area contributed by atoms with Crippen LogP contribution in [0.15, 0.2) is 12.2 Å². The lowest BCUT2D eigenvalue weighted by Gasteiger charge is -2.62. The minimum atomic E-state index is -0.0427. The first-order valence-electron chi connectivity index (χ1n) is 13.1. The third-order valence-electron chi connectivity index (χ3n) is 10.6. The second kappa shape index (κ2) is 8.11. The van der Waals surface area contributed by atoms with Gasteiger partial charge in [0.15, 0.2) is 6.29 Å². The smallest absolute Gasteiger partial charge is 0.155 e. The Kier molecular flexibility index (Phi) is 5.85. The van der Waals surface area contributed by atoms with Gasteiger partial charge in [-0.3, -0.25) is 0 Å². The first-order valence-corrected chi connectivity index (χ1v) is 13.1. The van der Waals surface area contributed by atoms with Gasteiger partial charge < -0.3 is 19.3 Å². The highest BCUT2D eigenvalue weighted by Crippen LogP contribution is 2.63. The van der Waals surface area contributed by atoms with Crippen LogP contribution in [0.2, 0.25) is 0 Å². The Morgan fingerprint density at radius 2 is 1.77 bits per heavy atom. The van der Waals surface area contributed by atoms with Crippen molar-refractivity contribution >= 4 is 0 Å². The van der Waals surface area contributed by atoms with Gasteiger partial charge in [0, 0.05) is 12.0 Å². The Morgan fingerprint density at radius 3 is 2.55 bits per heavy atom. The van der Waals surface area contributed by atoms with Crippen molar-refractivity contribution < 1.29 is 9.47 Å². The molecule has 1 spiro atoms. The molecule has 176 valence electrons. The number of hydrogen-bond acceptors (Lipinski definition) is 4. The lowest BCUT2D eigenvalue weighted by molar-refractivity contribution is -0.297. The first kappa shape index (κ1) is 22.4. The van der Waals surface area contributed by atoms with Crippen molar-refractivity contribution in [3.05, 3.63) is 12.2 Å². The van der Waals surface area contributed by atoms with Crippen LogP contribution in [-0.4, -0.2) is 68.6 Å². The summed E-state index contributed by atoms with van der Waals surface area (Å²) in [6.07, 6.45) is 10.7. The average molecular weight is 431 g/mol. The molecule has 0 N–H and O–H groups in total. The maximum absolute atomic E-state index is 6.31. The number of piperidine rings is 1. The largest absolute Gasteiger partial charge is 0.352 e. The van der Waals surface area contributed by atoms with E-state index in [1.807, 2.05) is 0 Å². The second-order valence-corrected chi connectivity index (χ2v) is 12.5. The molecule has 0 aromatic carbocycles. The number of fused-ring (bicyclic) bond motifs is 3. The van der Waals surface area contributed by atoms with Crippen LogP contribution in [0.3, 0.4) is 0 Å². The monoisotopic (exact) mass is 430 g/mol. The molecule has 31 heavy (non-hydrogen) atoms. The van der Waals surface area contributed by atoms with E-state index >= 15 is 0 Å². The molecule has 2 aliphatic carbocycles. The van der Waals surface area contributed by atoms with Crippen molar-refractivity contribution in [2.75, 3.05) is 46.4 Å². The standard InChI is InChI=1S/C27H46N2O2/c1-20-6-7-23-25(3,10-8-24-26(23,4)19-30-21(2)31-24)22(20)9-14-29-17-13-27(18-29)11-15-28(5)16-12-27/h21-24H,1,6-19H2,2-5H3/t21-,22-,23?,24-,25+,26+/m1/s1. The molecule has 0 radical (unpaired) electrons. The molecule has 5 fully saturated rings. The van der Waals surface area contributed by atoms with E-state index in [1.54, 1.807) is 0 Å². The molecule has 1 unspecified atom stereocenters. The van der Waals surface area contributed by atoms with Gasteiger partial charge in [0.05, 0.1) is 12.7 Å². The fraction of sp³-hybridized carbons (Fsp3) is 0.926. The molecule has 3 saturated heterocycles. The van der Waals surface area contributed by atoms with Crippen molar-refractivity contribution in [1.29, 1.82) is 0 Å². The highest BCUT2D eigenvalue weighted by atomic mass is 16.7. The van der Waals surface area contributed by atoms with Crippen LogP contribution in [-0.2, 0) is 9.47 Å². The van der Waals surface area contributed by atoms with E-state index in [4.69, 9.17) is 9.47 Å². The van der Waals surface area contributed by atoms with Crippen LogP contribution in [0.25, 0.3) is 0 Å². The van der Waals surface area contributed by atoms with Gasteiger partial charge in [-0.15, -0.1) is 0 Å². The average Bonchev–Trinajstić information content (AvgIpc) is 3.13. The predicted octanol–water partition coefficient (Wildman–Crippen LogP) is 4.94. The Labute approximate surface area is 190 Å². The Morgan fingerprint density at radius 1 is 1.03 bits per heavy atom. The van der Waals surface area contributed by atoms with Crippen molar-refractivity contribution in [3.63, 3.8) is 0 Å². The van der Waals surface area contributed by atoms with Gasteiger partial charge in [0.25, 0.3) is 0 Å². The SMILES string of the molecule is C=C1CCC2[C@]3(C)CO[C@@H](C)O[C@@H]3CC[C@@]2(C)[C@@H]1CCN1CCC2(CCN(C)CC2)C1. The number of rotatable bonds is 3. The van der Waals surface area contributed by atoms with Crippen LogP contribution in [0, 0.1) is 28.1 Å². The third kappa shape index (κ3) is 3.84. The zero-order valence-corrected chi connectivity index (χ0v) is 20.6. The maximum Gasteiger partial charge on any atom is 0.155 e. The quantitative estimate of drug-likeness (QED) is 0.592. The molecule has 0 amide bonds. The highest BCUT2D eigenvalue weighted by molar-refractivity contribution is 5.18. The normalized spacial score (nSPS) is 46.1. The van der Waals surface area contributed by atoms with Crippen LogP contribution < -0.4 is 0 Å². The van der Waals surface area contributed by atoms with Crippen LogP contribution in [0.4, 0.5) is 0 Å². The van der Waals surface area contributed by atoms with E-state index in [0.717, 1.165) is 6.61 Å². The molecule has 3 aliphatic heterocycles. The first-order chi connectivity index (χ1) is 14.7. The summed E-state index contributed by atoms with van der Waals surface area (Å²) < 4.78 is 12.4. The van der Waals surface area contributed by atoms with Crippen molar-refractivity contribution in [2.24, 2.45) is 28.1 Å². The Hall–Kier alpha value is -0.420. The minimum Gasteiger partial charge on any atom is -0.352 e. The molecule has 0 aromatic rings. The number of hydrogen-bond donors (Lipinski definition) is 0. The van der Waals surface area contributed by atoms with Crippen molar-refractivity contribution in [3.8, 4) is 0 Å². The lowest BCUT2D eigenvalue weighted by atomic mass is 9.46. The number of allylic oxidation sites excluding steroid dienone is 1. The number of nitrogens with zero attached hydrogens (tertiary/aromatic N) is 2. The fourth-order valence-corrected chi connectivity index (χ4v) is 8.52. The van der Waals surface area contributed by atoms with Gasteiger partial charge in [-0.1, -0.05) is 26.0 Å². The van der Waals surface area contributed by atoms with Gasteiger partial charge in [-0.25, -0.2) is 0 Å². The summed E-state index contributed by atoms with van der Waals surface area (Å²) in [4.78, 5) is 5.31. The highest BCUT2D eigenvalue weighted by Gasteiger charge is 2.59. The maximum atomic E-state index is 6.31. The van der Waals surface area contributed by atoms with E-state index in [0.29, 0.717) is 28.8 Å². The Bertz CT molecular complexity index is 687. The molecule has 3 heterocycles. The van der Waals surface area contributed by atoms with Crippen molar-refractivity contribution in [1.82, 2.24) is 9.80 Å². The zero-order valence-electron chi connectivity index (χ0n) is 20.6. The van der Waals surface area contributed by atoms with Crippen LogP contribution in [0.1, 0.15) is 72.1 Å². The molecule has 2 saturated carbocycles. The Balaban J connectivity index is 1.26. The van der Waals surface area contributed by atoms with Gasteiger partial charge in [0.2, 0.25) is 0 Å². The van der Waals surface area contributed by atoms with Gasteiger partial charge in [0.1, 0.15) is 0 Å². The van der Waals surface area contributed by atoms with E-state index in [9.17, 15) is 0 Å². The summed E-state index contributed by atoms with van der Waals surface area (Å²) in [7, 11) is 2.28. The molecule has 5 aliphatic rings. The van der Waals surface area contributed by atoms with E-state index < -0.39 is 0 Å². The summed E-state index contributed by atoms with van der Waals surface area (Å²) >= 11 is 0. The van der Waals surface area contributed by atoms with E-state index in [1.165, 1.54) is 89.7 Å². The third-order valence-corrected chi connectivity index (χ3v) is 10.6. The molecule has 0 aromatic heterocycles. The summed E-state index contributed by atoms with van der Waals surface area (Å²) in [5.41, 5.74) is 2.64. The summed E-state index contributed by atoms with van der Waals surface area (Å²) in [5.74, 6) is 1.33. The summed E-state index contributed by atoms with van der Waals surface area (Å²) in [6.45, 7) is 19.1. The molecule has 4 heteroatoms. The number of ether oxygens (including phenoxy) is 2. The number of likely N-dealkylation sites (tertiary alicyclic amines) is 2. The summed E-state index contributed by atoms with van der Waals surface area (Å²) in [6, 6.07) is 0. The lowest BCUT2D eigenvalue weighted by Crippen LogP contribution is -2.61. The molecular weight excluding hydrogens is 384 g/mol.